The molecule has 0 radical (unpaired) electrons. The van der Waals surface area contributed by atoms with Gasteiger partial charge in [-0.1, -0.05) is 54.6 Å². The van der Waals surface area contributed by atoms with Crippen LogP contribution in [0.4, 0.5) is 0 Å². The predicted molar refractivity (Wildman–Crippen MR) is 95.1 cm³/mol. The fourth-order valence-corrected chi connectivity index (χ4v) is 4.72. The Morgan fingerprint density at radius 3 is 2.65 bits per heavy atom. The topological polar surface area (TPSA) is 20.3 Å². The molecule has 0 aromatic heterocycles. The standard InChI is InChI=1S/C20H19NOS/c1-14(15-7-3-2-4-8-15)21-19(22)13-18-20(21)17-10-6-5-9-16(17)11-12-23-18/h2-10,13-14,20H,11-12H2,1H3/t14-,20-/m0/s1. The Kier molecular flexibility index (Phi) is 3.74. The van der Waals surface area contributed by atoms with Crippen LogP contribution in [0.15, 0.2) is 65.6 Å². The number of thioether (sulfide) groups is 1. The van der Waals surface area contributed by atoms with Crippen LogP contribution in [0.5, 0.6) is 0 Å². The third kappa shape index (κ3) is 2.49. The molecule has 2 atom stereocenters. The van der Waals surface area contributed by atoms with Crippen LogP contribution in [0.2, 0.25) is 0 Å². The number of rotatable bonds is 2. The summed E-state index contributed by atoms with van der Waals surface area (Å²) in [5, 5.41) is 0. The zero-order chi connectivity index (χ0) is 15.8. The lowest BCUT2D eigenvalue weighted by molar-refractivity contribution is -0.128. The molecule has 0 spiro atoms. The molecule has 0 N–H and O–H groups in total. The number of carbonyl (C=O) groups is 1. The van der Waals surface area contributed by atoms with Crippen LogP contribution in [-0.2, 0) is 11.2 Å². The van der Waals surface area contributed by atoms with E-state index in [0.29, 0.717) is 0 Å². The molecular weight excluding hydrogens is 302 g/mol. The van der Waals surface area contributed by atoms with Crippen LogP contribution in [0.25, 0.3) is 0 Å². The first-order valence-corrected chi connectivity index (χ1v) is 9.03. The number of amides is 1. The molecule has 4 rings (SSSR count). The van der Waals surface area contributed by atoms with Gasteiger partial charge in [0.25, 0.3) is 0 Å². The minimum atomic E-state index is 0.0641. The van der Waals surface area contributed by atoms with Gasteiger partial charge in [0, 0.05) is 16.7 Å². The summed E-state index contributed by atoms with van der Waals surface area (Å²) in [7, 11) is 0. The second-order valence-electron chi connectivity index (χ2n) is 6.08. The fraction of sp³-hybridized carbons (Fsp3) is 0.250. The lowest BCUT2D eigenvalue weighted by Gasteiger charge is -2.33. The maximum absolute atomic E-state index is 12.7. The Hall–Kier alpha value is -2.00. The molecule has 23 heavy (non-hydrogen) atoms. The van der Waals surface area contributed by atoms with Gasteiger partial charge < -0.3 is 4.90 Å². The van der Waals surface area contributed by atoms with Crippen molar-refractivity contribution < 1.29 is 4.79 Å². The van der Waals surface area contributed by atoms with Crippen molar-refractivity contribution in [1.29, 1.82) is 0 Å². The first-order chi connectivity index (χ1) is 11.3. The van der Waals surface area contributed by atoms with Crippen molar-refractivity contribution >= 4 is 17.7 Å². The zero-order valence-corrected chi connectivity index (χ0v) is 13.9. The van der Waals surface area contributed by atoms with Crippen LogP contribution in [-0.4, -0.2) is 16.6 Å². The average molecular weight is 321 g/mol. The monoisotopic (exact) mass is 321 g/mol. The zero-order valence-electron chi connectivity index (χ0n) is 13.1. The Bertz CT molecular complexity index is 768. The molecule has 2 aromatic rings. The summed E-state index contributed by atoms with van der Waals surface area (Å²) < 4.78 is 0. The number of nitrogens with zero attached hydrogens (tertiary/aromatic N) is 1. The van der Waals surface area contributed by atoms with Gasteiger partial charge >= 0.3 is 0 Å². The van der Waals surface area contributed by atoms with E-state index in [9.17, 15) is 4.79 Å². The van der Waals surface area contributed by atoms with Crippen molar-refractivity contribution in [3.05, 3.63) is 82.3 Å². The van der Waals surface area contributed by atoms with Crippen molar-refractivity contribution in [2.75, 3.05) is 5.75 Å². The molecule has 3 heteroatoms. The summed E-state index contributed by atoms with van der Waals surface area (Å²) in [6.45, 7) is 2.13. The van der Waals surface area contributed by atoms with E-state index in [4.69, 9.17) is 0 Å². The molecule has 0 saturated heterocycles. The minimum Gasteiger partial charge on any atom is -0.321 e. The lowest BCUT2D eigenvalue weighted by Crippen LogP contribution is -2.32. The van der Waals surface area contributed by atoms with Gasteiger partial charge in [0.1, 0.15) is 0 Å². The summed E-state index contributed by atoms with van der Waals surface area (Å²) in [6.07, 6.45) is 2.91. The van der Waals surface area contributed by atoms with Gasteiger partial charge in [0.05, 0.1) is 12.1 Å². The van der Waals surface area contributed by atoms with Gasteiger partial charge in [-0.15, -0.1) is 11.8 Å². The summed E-state index contributed by atoms with van der Waals surface area (Å²) in [6, 6.07) is 19.0. The number of benzene rings is 2. The number of fused-ring (bicyclic) bond motifs is 3. The fourth-order valence-electron chi connectivity index (χ4n) is 3.58. The summed E-state index contributed by atoms with van der Waals surface area (Å²) >= 11 is 1.83. The van der Waals surface area contributed by atoms with Gasteiger partial charge in [-0.2, -0.15) is 0 Å². The molecule has 0 unspecified atom stereocenters. The molecule has 2 heterocycles. The van der Waals surface area contributed by atoms with E-state index in [2.05, 4.69) is 43.3 Å². The van der Waals surface area contributed by atoms with Crippen molar-refractivity contribution in [2.45, 2.75) is 25.4 Å². The minimum absolute atomic E-state index is 0.0641. The van der Waals surface area contributed by atoms with Crippen LogP contribution in [0.1, 0.15) is 35.7 Å². The van der Waals surface area contributed by atoms with Crippen LogP contribution >= 0.6 is 11.8 Å². The van der Waals surface area contributed by atoms with Crippen molar-refractivity contribution in [3.63, 3.8) is 0 Å². The van der Waals surface area contributed by atoms with Gasteiger partial charge in [0.15, 0.2) is 0 Å². The van der Waals surface area contributed by atoms with E-state index in [1.807, 2.05) is 40.9 Å². The molecule has 116 valence electrons. The quantitative estimate of drug-likeness (QED) is 0.811. The molecule has 0 aliphatic carbocycles. The Morgan fingerprint density at radius 2 is 1.83 bits per heavy atom. The molecule has 2 aromatic carbocycles. The molecule has 0 fully saturated rings. The highest BCUT2D eigenvalue weighted by molar-refractivity contribution is 8.03. The smallest absolute Gasteiger partial charge is 0.248 e. The predicted octanol–water partition coefficient (Wildman–Crippen LogP) is 4.50. The Balaban J connectivity index is 1.78. The molecule has 1 amide bonds. The number of hydrogen-bond acceptors (Lipinski definition) is 2. The van der Waals surface area contributed by atoms with Crippen LogP contribution in [0.3, 0.4) is 0 Å². The SMILES string of the molecule is C[C@@H](c1ccccc1)N1C(=O)C=C2SCCc3ccccc3[C@@H]21. The highest BCUT2D eigenvalue weighted by atomic mass is 32.2. The van der Waals surface area contributed by atoms with E-state index in [1.54, 1.807) is 0 Å². The number of aryl methyl sites for hydroxylation is 1. The average Bonchev–Trinajstić information content (AvgIpc) is 2.81. The number of hydrogen-bond donors (Lipinski definition) is 0. The van der Waals surface area contributed by atoms with Crippen molar-refractivity contribution in [1.82, 2.24) is 4.90 Å². The van der Waals surface area contributed by atoms with Crippen LogP contribution < -0.4 is 0 Å². The molecular formula is C20H19NOS. The largest absolute Gasteiger partial charge is 0.321 e. The van der Waals surface area contributed by atoms with Crippen LogP contribution in [0, 0.1) is 0 Å². The van der Waals surface area contributed by atoms with Gasteiger partial charge in [-0.25, -0.2) is 0 Å². The molecule has 2 aliphatic rings. The first kappa shape index (κ1) is 14.6. The summed E-state index contributed by atoms with van der Waals surface area (Å²) in [5.41, 5.74) is 3.84. The van der Waals surface area contributed by atoms with E-state index in [1.165, 1.54) is 21.6 Å². The highest BCUT2D eigenvalue weighted by Crippen LogP contribution is 2.47. The van der Waals surface area contributed by atoms with E-state index in [0.717, 1.165) is 12.2 Å². The van der Waals surface area contributed by atoms with E-state index >= 15 is 0 Å². The molecule has 0 saturated carbocycles. The molecule has 2 aliphatic heterocycles. The van der Waals surface area contributed by atoms with E-state index < -0.39 is 0 Å². The first-order valence-electron chi connectivity index (χ1n) is 8.05. The second kappa shape index (κ2) is 5.89. The normalized spacial score (nSPS) is 21.3. The van der Waals surface area contributed by atoms with E-state index in [-0.39, 0.29) is 18.0 Å². The van der Waals surface area contributed by atoms with Gasteiger partial charge in [-0.05, 0) is 30.0 Å². The van der Waals surface area contributed by atoms with Gasteiger partial charge in [0.2, 0.25) is 5.91 Å². The third-order valence-corrected chi connectivity index (χ3v) is 5.84. The third-order valence-electron chi connectivity index (χ3n) is 4.76. The molecule has 2 nitrogen and oxygen atoms in total. The Morgan fingerprint density at radius 1 is 1.09 bits per heavy atom. The Labute approximate surface area is 141 Å². The highest BCUT2D eigenvalue weighted by Gasteiger charge is 2.39. The second-order valence-corrected chi connectivity index (χ2v) is 7.25. The number of carbonyl (C=O) groups excluding carboxylic acids is 1. The van der Waals surface area contributed by atoms with Gasteiger partial charge in [-0.3, -0.25) is 4.79 Å². The summed E-state index contributed by atoms with van der Waals surface area (Å²) in [5.74, 6) is 1.17. The molecule has 0 bridgehead atoms. The summed E-state index contributed by atoms with van der Waals surface area (Å²) in [4.78, 5) is 16.0. The maximum Gasteiger partial charge on any atom is 0.248 e. The lowest BCUT2D eigenvalue weighted by atomic mass is 9.96. The van der Waals surface area contributed by atoms with Crippen molar-refractivity contribution in [2.24, 2.45) is 0 Å². The van der Waals surface area contributed by atoms with Crippen molar-refractivity contribution in [3.8, 4) is 0 Å². The maximum atomic E-state index is 12.7.